The molecule has 0 saturated heterocycles. The normalized spacial score (nSPS) is 35.0. The molecule has 0 radical (unpaired) electrons. The van der Waals surface area contributed by atoms with Gasteiger partial charge in [0.15, 0.2) is 0 Å². The molecule has 3 aliphatic carbocycles. The van der Waals surface area contributed by atoms with Gasteiger partial charge in [0.25, 0.3) is 0 Å². The highest BCUT2D eigenvalue weighted by atomic mass is 14.8. The van der Waals surface area contributed by atoms with Gasteiger partial charge in [0.2, 0.25) is 0 Å². The molecule has 1 saturated carbocycles. The van der Waals surface area contributed by atoms with Gasteiger partial charge >= 0.3 is 0 Å². The van der Waals surface area contributed by atoms with Crippen LogP contribution in [0.2, 0.25) is 0 Å². The van der Waals surface area contributed by atoms with E-state index in [4.69, 9.17) is 0 Å². The Balaban J connectivity index is 1.83. The van der Waals surface area contributed by atoms with Crippen molar-refractivity contribution < 1.29 is 0 Å². The lowest BCUT2D eigenvalue weighted by atomic mass is 9.42. The Labute approximate surface area is 152 Å². The minimum Gasteiger partial charge on any atom is -0.0620 e. The summed E-state index contributed by atoms with van der Waals surface area (Å²) in [5.74, 6) is 2.82. The fraction of sp³-hybridized carbons (Fsp3) is 0.520. The van der Waals surface area contributed by atoms with Crippen molar-refractivity contribution in [3.05, 3.63) is 70.8 Å². The molecule has 1 spiro atoms. The van der Waals surface area contributed by atoms with Crippen LogP contribution < -0.4 is 0 Å². The summed E-state index contributed by atoms with van der Waals surface area (Å²) < 4.78 is 0. The second kappa shape index (κ2) is 4.40. The molecule has 0 heterocycles. The quantitative estimate of drug-likeness (QED) is 0.517. The van der Waals surface area contributed by atoms with Gasteiger partial charge in [0.1, 0.15) is 0 Å². The Bertz CT molecular complexity index is 785. The number of fused-ring (bicyclic) bond motifs is 4. The zero-order valence-electron chi connectivity index (χ0n) is 16.4. The largest absolute Gasteiger partial charge is 0.0620 e. The lowest BCUT2D eigenvalue weighted by molar-refractivity contribution is 0.0793. The average Bonchev–Trinajstić information content (AvgIpc) is 2.74. The van der Waals surface area contributed by atoms with Crippen LogP contribution in [0.4, 0.5) is 0 Å². The van der Waals surface area contributed by atoms with Gasteiger partial charge in [0, 0.05) is 17.3 Å². The van der Waals surface area contributed by atoms with E-state index in [0.29, 0.717) is 28.1 Å². The Morgan fingerprint density at radius 1 is 0.600 bits per heavy atom. The molecule has 1 fully saturated rings. The van der Waals surface area contributed by atoms with Crippen LogP contribution in [-0.2, 0) is 5.41 Å². The summed E-state index contributed by atoms with van der Waals surface area (Å²) in [5, 5.41) is 0. The highest BCUT2D eigenvalue weighted by molar-refractivity contribution is 5.71. The zero-order chi connectivity index (χ0) is 17.8. The second-order valence-corrected chi connectivity index (χ2v) is 10.8. The van der Waals surface area contributed by atoms with Crippen molar-refractivity contribution in [1.82, 2.24) is 0 Å². The molecule has 2 unspecified atom stereocenters. The van der Waals surface area contributed by atoms with Gasteiger partial charge in [-0.3, -0.25) is 0 Å². The first-order valence-corrected chi connectivity index (χ1v) is 9.89. The molecule has 5 rings (SSSR count). The summed E-state index contributed by atoms with van der Waals surface area (Å²) in [5.41, 5.74) is 7.45. The number of hydrogen-bond donors (Lipinski definition) is 0. The lowest BCUT2D eigenvalue weighted by Gasteiger charge is -2.60. The van der Waals surface area contributed by atoms with Crippen molar-refractivity contribution >= 4 is 0 Å². The molecule has 0 N–H and O–H groups in total. The molecule has 2 aromatic rings. The molecule has 3 aliphatic rings. The van der Waals surface area contributed by atoms with Gasteiger partial charge in [-0.25, -0.2) is 0 Å². The van der Waals surface area contributed by atoms with E-state index in [1.165, 1.54) is 0 Å². The summed E-state index contributed by atoms with van der Waals surface area (Å²) in [6.07, 6.45) is 0. The first-order chi connectivity index (χ1) is 11.7. The number of rotatable bonds is 0. The standard InChI is InChI=1S/C25H30/c1-23(2,3)21-19-15-11-7-9-13-17(15)25(19)18-14-10-8-12-16(18)20(25)22(21)24(4,5)6/h7-14,19-22H,1-6H3/t19?,20?,21-,22-,25?/m0/s1. The Hall–Kier alpha value is -1.56. The van der Waals surface area contributed by atoms with E-state index in [1.54, 1.807) is 22.3 Å². The first kappa shape index (κ1) is 15.7. The molecule has 25 heavy (non-hydrogen) atoms. The monoisotopic (exact) mass is 330 g/mol. The number of hydrogen-bond acceptors (Lipinski definition) is 0. The summed E-state index contributed by atoms with van der Waals surface area (Å²) in [7, 11) is 0. The summed E-state index contributed by atoms with van der Waals surface area (Å²) in [6, 6.07) is 18.6. The summed E-state index contributed by atoms with van der Waals surface area (Å²) >= 11 is 0. The molecule has 0 bridgehead atoms. The molecular weight excluding hydrogens is 300 g/mol. The van der Waals surface area contributed by atoms with Crippen LogP contribution in [-0.4, -0.2) is 0 Å². The zero-order valence-corrected chi connectivity index (χ0v) is 16.4. The predicted octanol–water partition coefficient (Wildman–Crippen LogP) is 6.51. The Morgan fingerprint density at radius 3 is 1.32 bits per heavy atom. The Kier molecular flexibility index (Phi) is 2.76. The smallest absolute Gasteiger partial charge is 0.0351 e. The van der Waals surface area contributed by atoms with Crippen LogP contribution in [0.25, 0.3) is 0 Å². The maximum Gasteiger partial charge on any atom is 0.0351 e. The molecule has 0 heteroatoms. The van der Waals surface area contributed by atoms with Crippen molar-refractivity contribution in [2.45, 2.75) is 58.8 Å². The van der Waals surface area contributed by atoms with Crippen LogP contribution >= 0.6 is 0 Å². The minimum atomic E-state index is 0.295. The van der Waals surface area contributed by atoms with Gasteiger partial charge in [0.05, 0.1) is 0 Å². The Morgan fingerprint density at radius 2 is 0.960 bits per heavy atom. The molecule has 130 valence electrons. The van der Waals surface area contributed by atoms with Crippen molar-refractivity contribution in [2.75, 3.05) is 0 Å². The molecule has 0 nitrogen and oxygen atoms in total. The van der Waals surface area contributed by atoms with E-state index in [2.05, 4.69) is 90.1 Å². The maximum absolute atomic E-state index is 2.47. The van der Waals surface area contributed by atoms with E-state index in [-0.39, 0.29) is 0 Å². The van der Waals surface area contributed by atoms with Crippen LogP contribution in [0.3, 0.4) is 0 Å². The molecule has 4 atom stereocenters. The maximum atomic E-state index is 2.47. The predicted molar refractivity (Wildman–Crippen MR) is 105 cm³/mol. The topological polar surface area (TPSA) is 0 Å². The summed E-state index contributed by atoms with van der Waals surface area (Å²) in [6.45, 7) is 14.8. The molecular formula is C25H30. The second-order valence-electron chi connectivity index (χ2n) is 10.8. The lowest BCUT2D eigenvalue weighted by Crippen LogP contribution is -2.53. The minimum absolute atomic E-state index is 0.295. The SMILES string of the molecule is CC(C)(C)[C@H]1C2c3ccccc3C23c2ccccc2C3[C@@H]1C(C)(C)C. The van der Waals surface area contributed by atoms with Crippen LogP contribution in [0, 0.1) is 22.7 Å². The van der Waals surface area contributed by atoms with Gasteiger partial charge in [-0.1, -0.05) is 90.1 Å². The fourth-order valence-corrected chi connectivity index (χ4v) is 7.08. The van der Waals surface area contributed by atoms with Gasteiger partial charge in [-0.05, 0) is 44.9 Å². The molecule has 0 aliphatic heterocycles. The van der Waals surface area contributed by atoms with Gasteiger partial charge in [-0.15, -0.1) is 0 Å². The molecule has 2 aromatic carbocycles. The highest BCUT2D eigenvalue weighted by Crippen LogP contribution is 2.82. The molecule has 0 aromatic heterocycles. The van der Waals surface area contributed by atoms with E-state index < -0.39 is 0 Å². The van der Waals surface area contributed by atoms with Gasteiger partial charge < -0.3 is 0 Å². The van der Waals surface area contributed by atoms with Crippen molar-refractivity contribution in [3.8, 4) is 0 Å². The third kappa shape index (κ3) is 1.60. The van der Waals surface area contributed by atoms with Crippen LogP contribution in [0.5, 0.6) is 0 Å². The summed E-state index contributed by atoms with van der Waals surface area (Å²) in [4.78, 5) is 0. The third-order valence-electron chi connectivity index (χ3n) is 7.57. The molecule has 0 amide bonds. The van der Waals surface area contributed by atoms with E-state index in [0.717, 1.165) is 11.8 Å². The van der Waals surface area contributed by atoms with E-state index in [9.17, 15) is 0 Å². The van der Waals surface area contributed by atoms with Crippen molar-refractivity contribution in [2.24, 2.45) is 22.7 Å². The highest BCUT2D eigenvalue weighted by Gasteiger charge is 2.75. The number of benzene rings is 2. The first-order valence-electron chi connectivity index (χ1n) is 9.89. The van der Waals surface area contributed by atoms with Gasteiger partial charge in [-0.2, -0.15) is 0 Å². The van der Waals surface area contributed by atoms with Crippen LogP contribution in [0.1, 0.15) is 75.6 Å². The fourth-order valence-electron chi connectivity index (χ4n) is 7.08. The third-order valence-corrected chi connectivity index (χ3v) is 7.57. The average molecular weight is 331 g/mol. The van der Waals surface area contributed by atoms with Crippen molar-refractivity contribution in [3.63, 3.8) is 0 Å². The van der Waals surface area contributed by atoms with Crippen molar-refractivity contribution in [1.29, 1.82) is 0 Å². The van der Waals surface area contributed by atoms with E-state index in [1.807, 2.05) is 0 Å². The van der Waals surface area contributed by atoms with Crippen LogP contribution in [0.15, 0.2) is 48.5 Å². The van der Waals surface area contributed by atoms with E-state index >= 15 is 0 Å².